The Morgan fingerprint density at radius 3 is 1.50 bits per heavy atom. The van der Waals surface area contributed by atoms with E-state index in [4.69, 9.17) is 17.4 Å². The second-order valence-electron chi connectivity index (χ2n) is 16.5. The standard InChI is InChI=1S/C49H76N2O5.O3S/c1-41(53)56-40-47-44-32-28-27-31-43(44)45-36-35-42(39-46(45)47)51-49(55)34-26-22-18-14-10-6-4-5-9-13-17-21-25-33-48(54)50-37-29-23-19-15-11-7-2-3-8-12-16-20-24-30-38-52;1-4(2)3/h27-28,31-32,35-36,38-39,47H,2-26,29-30,33-34,37,40H2,1H3,(H,50,54)(H,51,55);. The number of esters is 1. The molecular formula is C49H76N2O8S. The molecule has 1 unspecified atom stereocenters. The molecule has 0 bridgehead atoms. The van der Waals surface area contributed by atoms with Gasteiger partial charge in [-0.05, 0) is 60.1 Å². The van der Waals surface area contributed by atoms with E-state index in [9.17, 15) is 19.2 Å². The van der Waals surface area contributed by atoms with Gasteiger partial charge in [0, 0.05) is 44.3 Å². The predicted octanol–water partition coefficient (Wildman–Crippen LogP) is 11.9. The van der Waals surface area contributed by atoms with Crippen LogP contribution in [0.5, 0.6) is 0 Å². The average molecular weight is 853 g/mol. The first-order valence-corrected chi connectivity index (χ1v) is 24.4. The summed E-state index contributed by atoms with van der Waals surface area (Å²) in [7, 11) is -3.11. The van der Waals surface area contributed by atoms with Crippen LogP contribution in [-0.2, 0) is 34.5 Å². The summed E-state index contributed by atoms with van der Waals surface area (Å²) >= 11 is 0. The minimum atomic E-state index is -3.11. The highest BCUT2D eigenvalue weighted by Gasteiger charge is 2.29. The molecule has 2 aromatic carbocycles. The molecule has 0 saturated heterocycles. The van der Waals surface area contributed by atoms with Crippen LogP contribution in [0.2, 0.25) is 0 Å². The number of anilines is 1. The highest BCUT2D eigenvalue weighted by atomic mass is 32.2. The molecule has 0 saturated carbocycles. The topological polar surface area (TPSA) is 153 Å². The number of carbonyl (C=O) groups excluding carboxylic acids is 4. The maximum absolute atomic E-state index is 12.7. The Morgan fingerprint density at radius 2 is 1.00 bits per heavy atom. The molecule has 0 aliphatic heterocycles. The van der Waals surface area contributed by atoms with Gasteiger partial charge >= 0.3 is 16.6 Å². The lowest BCUT2D eigenvalue weighted by Crippen LogP contribution is -2.23. The molecule has 1 aliphatic carbocycles. The van der Waals surface area contributed by atoms with Crippen LogP contribution in [0.3, 0.4) is 0 Å². The molecule has 0 spiro atoms. The molecule has 2 N–H and O–H groups in total. The first kappa shape index (κ1) is 52.3. The van der Waals surface area contributed by atoms with Gasteiger partial charge in [0.15, 0.2) is 0 Å². The summed E-state index contributed by atoms with van der Waals surface area (Å²) in [5.41, 5.74) is 5.36. The molecule has 2 amide bonds. The van der Waals surface area contributed by atoms with Crippen molar-refractivity contribution in [2.45, 2.75) is 199 Å². The van der Waals surface area contributed by atoms with Gasteiger partial charge in [-0.1, -0.05) is 172 Å². The van der Waals surface area contributed by atoms with E-state index in [-0.39, 0.29) is 23.7 Å². The molecule has 1 aliphatic rings. The highest BCUT2D eigenvalue weighted by Crippen LogP contribution is 2.45. The smallest absolute Gasteiger partial charge is 0.425 e. The van der Waals surface area contributed by atoms with Crippen LogP contribution in [0, 0.1) is 0 Å². The summed E-state index contributed by atoms with van der Waals surface area (Å²) in [6, 6.07) is 14.3. The zero-order chi connectivity index (χ0) is 43.5. The van der Waals surface area contributed by atoms with Gasteiger partial charge in [-0.15, -0.1) is 12.6 Å². The number of rotatable bonds is 35. The van der Waals surface area contributed by atoms with Gasteiger partial charge in [0.2, 0.25) is 11.8 Å². The number of benzene rings is 2. The van der Waals surface area contributed by atoms with Crippen LogP contribution in [0.15, 0.2) is 42.5 Å². The highest BCUT2D eigenvalue weighted by molar-refractivity contribution is 7.59. The normalized spacial score (nSPS) is 12.4. The van der Waals surface area contributed by atoms with Crippen LogP contribution < -0.4 is 10.6 Å². The van der Waals surface area contributed by atoms with Crippen LogP contribution in [0.25, 0.3) is 11.1 Å². The van der Waals surface area contributed by atoms with Crippen LogP contribution >= 0.6 is 0 Å². The van der Waals surface area contributed by atoms with E-state index in [0.717, 1.165) is 85.7 Å². The Kier molecular flexibility index (Phi) is 30.3. The number of fused-ring (bicyclic) bond motifs is 3. The number of carbonyl (C=O) groups is 4. The van der Waals surface area contributed by atoms with Gasteiger partial charge < -0.3 is 20.2 Å². The Bertz CT molecular complexity index is 1610. The second kappa shape index (κ2) is 34.8. The first-order valence-electron chi connectivity index (χ1n) is 23.4. The third kappa shape index (κ3) is 25.7. The molecule has 336 valence electrons. The molecule has 1 atom stereocenters. The largest absolute Gasteiger partial charge is 0.465 e. The maximum Gasteiger partial charge on any atom is 0.425 e. The maximum atomic E-state index is 12.7. The van der Waals surface area contributed by atoms with E-state index in [1.165, 1.54) is 135 Å². The molecule has 10 nitrogen and oxygen atoms in total. The van der Waals surface area contributed by atoms with Crippen molar-refractivity contribution in [1.82, 2.24) is 5.32 Å². The zero-order valence-corrected chi connectivity index (χ0v) is 37.6. The Hall–Kier alpha value is -3.86. The van der Waals surface area contributed by atoms with Crippen molar-refractivity contribution < 1.29 is 36.5 Å². The number of ether oxygens (including phenoxy) is 1. The number of amides is 2. The van der Waals surface area contributed by atoms with Gasteiger partial charge in [-0.3, -0.25) is 14.4 Å². The van der Waals surface area contributed by atoms with E-state index < -0.39 is 10.6 Å². The lowest BCUT2D eigenvalue weighted by atomic mass is 9.97. The molecular weight excluding hydrogens is 777 g/mol. The lowest BCUT2D eigenvalue weighted by molar-refractivity contribution is -0.141. The van der Waals surface area contributed by atoms with Gasteiger partial charge in [-0.2, -0.15) is 0 Å². The second-order valence-corrected chi connectivity index (χ2v) is 16.9. The van der Waals surface area contributed by atoms with E-state index in [0.29, 0.717) is 19.4 Å². The van der Waals surface area contributed by atoms with E-state index in [2.05, 4.69) is 28.8 Å². The van der Waals surface area contributed by atoms with E-state index >= 15 is 0 Å². The van der Waals surface area contributed by atoms with E-state index in [1.54, 1.807) is 0 Å². The van der Waals surface area contributed by atoms with E-state index in [1.807, 2.05) is 24.3 Å². The van der Waals surface area contributed by atoms with Crippen molar-refractivity contribution in [2.75, 3.05) is 18.5 Å². The molecule has 11 heteroatoms. The fourth-order valence-electron chi connectivity index (χ4n) is 8.12. The summed E-state index contributed by atoms with van der Waals surface area (Å²) in [4.78, 5) is 46.7. The first-order chi connectivity index (χ1) is 29.2. The van der Waals surface area contributed by atoms with Gasteiger partial charge in [0.1, 0.15) is 12.9 Å². The summed E-state index contributed by atoms with van der Waals surface area (Å²) < 4.78 is 30.7. The van der Waals surface area contributed by atoms with Gasteiger partial charge in [0.05, 0.1) is 0 Å². The van der Waals surface area contributed by atoms with Crippen molar-refractivity contribution in [2.24, 2.45) is 0 Å². The zero-order valence-electron chi connectivity index (χ0n) is 36.8. The fourth-order valence-corrected chi connectivity index (χ4v) is 8.12. The minimum absolute atomic E-state index is 0.0211. The SMILES string of the molecule is CC(=O)OCC1c2ccccc2-c2ccc(NC(=O)CCCCCCCCCCCCCCCC(=O)NCCCCCCCCCCCCCCCC=O)cc21.O=S(=O)=O. The fraction of sp³-hybridized carbons (Fsp3) is 0.673. The summed E-state index contributed by atoms with van der Waals surface area (Å²) in [6.07, 6.45) is 35.1. The number of nitrogens with one attached hydrogen (secondary N) is 2. The third-order valence-corrected chi connectivity index (χ3v) is 11.4. The van der Waals surface area contributed by atoms with Crippen LogP contribution in [0.4, 0.5) is 5.69 Å². The van der Waals surface area contributed by atoms with Gasteiger partial charge in [-0.25, -0.2) is 0 Å². The quantitative estimate of drug-likeness (QED) is 0.0395. The predicted molar refractivity (Wildman–Crippen MR) is 242 cm³/mol. The Morgan fingerprint density at radius 1 is 0.567 bits per heavy atom. The number of hydrogen-bond donors (Lipinski definition) is 2. The Balaban J connectivity index is 0.00000296. The molecule has 0 heterocycles. The van der Waals surface area contributed by atoms with Crippen molar-refractivity contribution >= 4 is 40.4 Å². The van der Waals surface area contributed by atoms with Crippen LogP contribution in [0.1, 0.15) is 210 Å². The molecule has 0 fully saturated rings. The summed E-state index contributed by atoms with van der Waals surface area (Å²) in [5.74, 6) is -0.0198. The Labute approximate surface area is 363 Å². The van der Waals surface area contributed by atoms with Crippen molar-refractivity contribution in [1.29, 1.82) is 0 Å². The lowest BCUT2D eigenvalue weighted by Gasteiger charge is -2.14. The number of aldehydes is 1. The number of hydrogen-bond acceptors (Lipinski definition) is 8. The van der Waals surface area contributed by atoms with Gasteiger partial charge in [0.25, 0.3) is 0 Å². The summed E-state index contributed by atoms with van der Waals surface area (Å²) in [5, 5.41) is 6.21. The molecule has 0 radical (unpaired) electrons. The summed E-state index contributed by atoms with van der Waals surface area (Å²) in [6.45, 7) is 2.57. The molecule has 0 aromatic heterocycles. The third-order valence-electron chi connectivity index (χ3n) is 11.4. The molecule has 3 rings (SSSR count). The van der Waals surface area contributed by atoms with Crippen molar-refractivity contribution in [3.8, 4) is 11.1 Å². The monoisotopic (exact) mass is 853 g/mol. The minimum Gasteiger partial charge on any atom is -0.465 e. The number of unbranched alkanes of at least 4 members (excludes halogenated alkanes) is 25. The van der Waals surface area contributed by atoms with Crippen LogP contribution in [-0.4, -0.2) is 49.8 Å². The van der Waals surface area contributed by atoms with Crippen molar-refractivity contribution in [3.63, 3.8) is 0 Å². The molecule has 2 aromatic rings. The average Bonchev–Trinajstić information content (AvgIpc) is 3.53. The van der Waals surface area contributed by atoms with Crippen molar-refractivity contribution in [3.05, 3.63) is 53.6 Å². The molecule has 60 heavy (non-hydrogen) atoms.